The summed E-state index contributed by atoms with van der Waals surface area (Å²) in [6.07, 6.45) is 0. The molecule has 0 bridgehead atoms. The fourth-order valence-electron chi connectivity index (χ4n) is 1.91. The Morgan fingerprint density at radius 3 is 2.67 bits per heavy atom. The van der Waals surface area contributed by atoms with Gasteiger partial charge in [0.25, 0.3) is 0 Å². The number of ether oxygens (including phenoxy) is 1. The first-order chi connectivity index (χ1) is 8.54. The fraction of sp³-hybridized carbons (Fsp3) is 0.214. The monoisotopic (exact) mass is 261 g/mol. The molecule has 0 saturated heterocycles. The van der Waals surface area contributed by atoms with Gasteiger partial charge >= 0.3 is 5.97 Å². The molecule has 0 fully saturated rings. The average molecular weight is 261 g/mol. The van der Waals surface area contributed by atoms with Crippen LogP contribution in [0.25, 0.3) is 11.1 Å². The van der Waals surface area contributed by atoms with Gasteiger partial charge in [-0.15, -0.1) is 11.3 Å². The van der Waals surface area contributed by atoms with Crippen LogP contribution in [0, 0.1) is 13.8 Å². The Morgan fingerprint density at radius 2 is 2.00 bits per heavy atom. The van der Waals surface area contributed by atoms with Crippen molar-refractivity contribution in [2.45, 2.75) is 13.8 Å². The number of hydrogen-bond acceptors (Lipinski definition) is 4. The highest BCUT2D eigenvalue weighted by Gasteiger charge is 2.20. The molecular formula is C14H15NO2S. The Balaban J connectivity index is 2.64. The number of aryl methyl sites for hydroxylation is 2. The number of rotatable bonds is 2. The van der Waals surface area contributed by atoms with Crippen LogP contribution in [0.2, 0.25) is 0 Å². The Labute approximate surface area is 110 Å². The summed E-state index contributed by atoms with van der Waals surface area (Å²) in [5.41, 5.74) is 10.5. The topological polar surface area (TPSA) is 52.3 Å². The molecule has 0 spiro atoms. The van der Waals surface area contributed by atoms with Crippen molar-refractivity contribution in [2.24, 2.45) is 0 Å². The Hall–Kier alpha value is -1.81. The Morgan fingerprint density at radius 1 is 1.28 bits per heavy atom. The third kappa shape index (κ3) is 2.11. The molecule has 0 atom stereocenters. The van der Waals surface area contributed by atoms with Crippen LogP contribution in [0.15, 0.2) is 23.6 Å². The molecule has 1 aromatic carbocycles. The van der Waals surface area contributed by atoms with Crippen molar-refractivity contribution in [1.82, 2.24) is 0 Å². The highest BCUT2D eigenvalue weighted by atomic mass is 32.1. The van der Waals surface area contributed by atoms with Crippen LogP contribution in [0.4, 0.5) is 5.00 Å². The van der Waals surface area contributed by atoms with Gasteiger partial charge in [0, 0.05) is 10.9 Å². The average Bonchev–Trinajstić information content (AvgIpc) is 2.73. The van der Waals surface area contributed by atoms with E-state index in [1.54, 1.807) is 0 Å². The SMILES string of the molecule is COC(=O)c1c(-c2cc(C)ccc2C)csc1N. The van der Waals surface area contributed by atoms with Crippen molar-refractivity contribution >= 4 is 22.3 Å². The first-order valence-electron chi connectivity index (χ1n) is 5.57. The molecule has 18 heavy (non-hydrogen) atoms. The van der Waals surface area contributed by atoms with Crippen LogP contribution < -0.4 is 5.73 Å². The minimum absolute atomic E-state index is 0.385. The quantitative estimate of drug-likeness (QED) is 0.843. The largest absolute Gasteiger partial charge is 0.465 e. The van der Waals surface area contributed by atoms with E-state index in [2.05, 4.69) is 6.07 Å². The number of carbonyl (C=O) groups excluding carboxylic acids is 1. The molecule has 0 aliphatic rings. The van der Waals surface area contributed by atoms with Crippen LogP contribution in [-0.4, -0.2) is 13.1 Å². The van der Waals surface area contributed by atoms with E-state index in [-0.39, 0.29) is 5.97 Å². The lowest BCUT2D eigenvalue weighted by atomic mass is 9.97. The molecule has 3 nitrogen and oxygen atoms in total. The molecule has 94 valence electrons. The number of nitrogen functional groups attached to an aromatic ring is 1. The van der Waals surface area contributed by atoms with E-state index in [0.717, 1.165) is 22.3 Å². The van der Waals surface area contributed by atoms with Crippen LogP contribution in [-0.2, 0) is 4.74 Å². The number of anilines is 1. The van der Waals surface area contributed by atoms with Crippen molar-refractivity contribution in [1.29, 1.82) is 0 Å². The molecule has 1 heterocycles. The van der Waals surface area contributed by atoms with Crippen molar-refractivity contribution in [3.63, 3.8) is 0 Å². The van der Waals surface area contributed by atoms with Gasteiger partial charge in [-0.25, -0.2) is 4.79 Å². The lowest BCUT2D eigenvalue weighted by Crippen LogP contribution is -2.04. The first kappa shape index (κ1) is 12.6. The van der Waals surface area contributed by atoms with E-state index in [0.29, 0.717) is 10.6 Å². The van der Waals surface area contributed by atoms with Crippen LogP contribution in [0.3, 0.4) is 0 Å². The molecule has 0 aliphatic carbocycles. The van der Waals surface area contributed by atoms with Gasteiger partial charge in [0.05, 0.1) is 7.11 Å². The highest BCUT2D eigenvalue weighted by Crippen LogP contribution is 2.36. The van der Waals surface area contributed by atoms with Gasteiger partial charge in [-0.3, -0.25) is 0 Å². The van der Waals surface area contributed by atoms with Crippen LogP contribution in [0.1, 0.15) is 21.5 Å². The maximum atomic E-state index is 11.8. The zero-order valence-electron chi connectivity index (χ0n) is 10.6. The lowest BCUT2D eigenvalue weighted by molar-refractivity contribution is 0.0603. The lowest BCUT2D eigenvalue weighted by Gasteiger charge is -2.08. The van der Waals surface area contributed by atoms with Gasteiger partial charge in [-0.05, 0) is 25.0 Å². The summed E-state index contributed by atoms with van der Waals surface area (Å²) < 4.78 is 4.80. The molecule has 0 unspecified atom stereocenters. The van der Waals surface area contributed by atoms with Crippen LogP contribution >= 0.6 is 11.3 Å². The third-order valence-electron chi connectivity index (χ3n) is 2.89. The predicted molar refractivity (Wildman–Crippen MR) is 75.0 cm³/mol. The molecule has 0 amide bonds. The van der Waals surface area contributed by atoms with E-state index in [1.807, 2.05) is 31.4 Å². The number of hydrogen-bond donors (Lipinski definition) is 1. The molecule has 1 aromatic heterocycles. The molecular weight excluding hydrogens is 246 g/mol. The number of carbonyl (C=O) groups is 1. The summed E-state index contributed by atoms with van der Waals surface area (Å²) >= 11 is 1.36. The van der Waals surface area contributed by atoms with Crippen molar-refractivity contribution in [2.75, 3.05) is 12.8 Å². The van der Waals surface area contributed by atoms with Crippen molar-refractivity contribution in [3.8, 4) is 11.1 Å². The second-order valence-corrected chi connectivity index (χ2v) is 5.11. The van der Waals surface area contributed by atoms with E-state index >= 15 is 0 Å². The van der Waals surface area contributed by atoms with Gasteiger partial charge in [0.1, 0.15) is 10.6 Å². The molecule has 2 rings (SSSR count). The summed E-state index contributed by atoms with van der Waals surface area (Å²) in [6, 6.07) is 6.15. The third-order valence-corrected chi connectivity index (χ3v) is 3.70. The number of esters is 1. The Bertz CT molecular complexity index is 602. The summed E-state index contributed by atoms with van der Waals surface area (Å²) in [5.74, 6) is -0.385. The van der Waals surface area contributed by atoms with E-state index in [1.165, 1.54) is 18.4 Å². The second kappa shape index (κ2) is 4.82. The van der Waals surface area contributed by atoms with Crippen molar-refractivity contribution in [3.05, 3.63) is 40.3 Å². The maximum absolute atomic E-state index is 11.8. The summed E-state index contributed by atoms with van der Waals surface area (Å²) in [4.78, 5) is 11.8. The molecule has 0 saturated carbocycles. The molecule has 2 N–H and O–H groups in total. The molecule has 0 aliphatic heterocycles. The zero-order valence-corrected chi connectivity index (χ0v) is 11.4. The summed E-state index contributed by atoms with van der Waals surface area (Å²) in [6.45, 7) is 4.04. The molecule has 2 aromatic rings. The van der Waals surface area contributed by atoms with E-state index in [4.69, 9.17) is 10.5 Å². The maximum Gasteiger partial charge on any atom is 0.341 e. The minimum atomic E-state index is -0.385. The fourth-order valence-corrected chi connectivity index (χ4v) is 2.71. The minimum Gasteiger partial charge on any atom is -0.465 e. The number of benzene rings is 1. The number of methoxy groups -OCH3 is 1. The normalized spacial score (nSPS) is 10.4. The molecule has 0 radical (unpaired) electrons. The van der Waals surface area contributed by atoms with E-state index < -0.39 is 0 Å². The first-order valence-corrected chi connectivity index (χ1v) is 6.45. The molecule has 4 heteroatoms. The van der Waals surface area contributed by atoms with Gasteiger partial charge in [0.2, 0.25) is 0 Å². The van der Waals surface area contributed by atoms with Gasteiger partial charge < -0.3 is 10.5 Å². The van der Waals surface area contributed by atoms with Crippen LogP contribution in [0.5, 0.6) is 0 Å². The van der Waals surface area contributed by atoms with Gasteiger partial charge in [-0.1, -0.05) is 23.8 Å². The second-order valence-electron chi connectivity index (χ2n) is 4.20. The van der Waals surface area contributed by atoms with Crippen molar-refractivity contribution < 1.29 is 9.53 Å². The smallest absolute Gasteiger partial charge is 0.341 e. The summed E-state index contributed by atoms with van der Waals surface area (Å²) in [7, 11) is 1.37. The number of thiophene rings is 1. The standard InChI is InChI=1S/C14H15NO2S/c1-8-4-5-9(2)10(6-8)11-7-18-13(15)12(11)14(16)17-3/h4-7H,15H2,1-3H3. The van der Waals surface area contributed by atoms with E-state index in [9.17, 15) is 4.79 Å². The Kier molecular flexibility index (Phi) is 3.39. The number of nitrogens with two attached hydrogens (primary N) is 1. The zero-order chi connectivity index (χ0) is 13.3. The predicted octanol–water partition coefficient (Wildman–Crippen LogP) is 3.40. The highest BCUT2D eigenvalue weighted by molar-refractivity contribution is 7.15. The summed E-state index contributed by atoms with van der Waals surface area (Å²) in [5, 5.41) is 2.40. The van der Waals surface area contributed by atoms with Gasteiger partial charge in [0.15, 0.2) is 0 Å². The van der Waals surface area contributed by atoms with Gasteiger partial charge in [-0.2, -0.15) is 0 Å².